The molecule has 1 N–H and O–H groups in total. The van der Waals surface area contributed by atoms with Crippen molar-refractivity contribution in [2.75, 3.05) is 24.8 Å². The standard InChI is InChI=1S/C22H25N3O4S/c1-16-6-8-18(9-7-16)22-25-24-21(29-22)11-10-20(26)23-19-5-3-4-17(14-19)15-30(27)13-12-28-2/h3-9,14H,10-13,15H2,1-2H3,(H,23,26). The Morgan fingerprint density at radius 1 is 1.17 bits per heavy atom. The lowest BCUT2D eigenvalue weighted by Gasteiger charge is -2.07. The van der Waals surface area contributed by atoms with Crippen molar-refractivity contribution in [3.05, 3.63) is 65.5 Å². The van der Waals surface area contributed by atoms with Crippen molar-refractivity contribution in [1.29, 1.82) is 0 Å². The summed E-state index contributed by atoms with van der Waals surface area (Å²) in [4.78, 5) is 12.3. The van der Waals surface area contributed by atoms with Crippen molar-refractivity contribution in [2.45, 2.75) is 25.5 Å². The predicted molar refractivity (Wildman–Crippen MR) is 116 cm³/mol. The van der Waals surface area contributed by atoms with Crippen molar-refractivity contribution < 1.29 is 18.2 Å². The van der Waals surface area contributed by atoms with Crippen LogP contribution in [-0.4, -0.2) is 39.8 Å². The Labute approximate surface area is 178 Å². The first-order valence-corrected chi connectivity index (χ1v) is 11.1. The molecule has 1 atom stereocenters. The molecule has 2 aromatic carbocycles. The van der Waals surface area contributed by atoms with Gasteiger partial charge in [-0.3, -0.25) is 9.00 Å². The minimum atomic E-state index is -1.00. The van der Waals surface area contributed by atoms with E-state index in [0.717, 1.165) is 16.7 Å². The minimum absolute atomic E-state index is 0.150. The molecule has 1 heterocycles. The number of ether oxygens (including phenoxy) is 1. The molecule has 30 heavy (non-hydrogen) atoms. The number of aromatic nitrogens is 2. The van der Waals surface area contributed by atoms with Crippen LogP contribution >= 0.6 is 0 Å². The number of rotatable bonds is 10. The molecular weight excluding hydrogens is 402 g/mol. The van der Waals surface area contributed by atoms with Crippen LogP contribution in [0.4, 0.5) is 5.69 Å². The summed E-state index contributed by atoms with van der Waals surface area (Å²) in [5, 5.41) is 10.9. The summed E-state index contributed by atoms with van der Waals surface area (Å²) in [5.41, 5.74) is 3.58. The van der Waals surface area contributed by atoms with Gasteiger partial charge in [0.1, 0.15) is 0 Å². The van der Waals surface area contributed by atoms with Crippen LogP contribution in [0.25, 0.3) is 11.5 Å². The fourth-order valence-electron chi connectivity index (χ4n) is 2.78. The topological polar surface area (TPSA) is 94.3 Å². The molecule has 0 saturated heterocycles. The molecule has 1 aromatic heterocycles. The highest BCUT2D eigenvalue weighted by Crippen LogP contribution is 2.19. The molecule has 1 unspecified atom stereocenters. The van der Waals surface area contributed by atoms with Gasteiger partial charge < -0.3 is 14.5 Å². The SMILES string of the molecule is COCCS(=O)Cc1cccc(NC(=O)CCc2nnc(-c3ccc(C)cc3)o2)c1. The Morgan fingerprint density at radius 3 is 2.73 bits per heavy atom. The van der Waals surface area contributed by atoms with Crippen molar-refractivity contribution in [3.63, 3.8) is 0 Å². The molecule has 0 saturated carbocycles. The number of hydrogen-bond donors (Lipinski definition) is 1. The molecule has 7 nitrogen and oxygen atoms in total. The second-order valence-corrected chi connectivity index (χ2v) is 8.47. The van der Waals surface area contributed by atoms with E-state index in [1.807, 2.05) is 55.5 Å². The summed E-state index contributed by atoms with van der Waals surface area (Å²) in [5.74, 6) is 1.63. The predicted octanol–water partition coefficient (Wildman–Crippen LogP) is 3.51. The van der Waals surface area contributed by atoms with E-state index in [2.05, 4.69) is 15.5 Å². The van der Waals surface area contributed by atoms with Crippen LogP contribution in [0.1, 0.15) is 23.4 Å². The summed E-state index contributed by atoms with van der Waals surface area (Å²) in [7, 11) is 0.588. The number of anilines is 1. The van der Waals surface area contributed by atoms with Gasteiger partial charge in [-0.15, -0.1) is 10.2 Å². The molecule has 0 aliphatic carbocycles. The number of methoxy groups -OCH3 is 1. The van der Waals surface area contributed by atoms with Gasteiger partial charge in [0.25, 0.3) is 0 Å². The largest absolute Gasteiger partial charge is 0.421 e. The summed E-state index contributed by atoms with van der Waals surface area (Å²) >= 11 is 0. The number of benzene rings is 2. The molecule has 0 aliphatic heterocycles. The Kier molecular flexibility index (Phi) is 7.87. The van der Waals surface area contributed by atoms with E-state index < -0.39 is 10.8 Å². The lowest BCUT2D eigenvalue weighted by Crippen LogP contribution is -2.13. The first-order chi connectivity index (χ1) is 14.5. The number of hydrogen-bond acceptors (Lipinski definition) is 6. The second-order valence-electron chi connectivity index (χ2n) is 6.90. The molecule has 0 bridgehead atoms. The maximum atomic E-state index is 12.3. The van der Waals surface area contributed by atoms with E-state index in [1.54, 1.807) is 7.11 Å². The van der Waals surface area contributed by atoms with E-state index in [1.165, 1.54) is 0 Å². The van der Waals surface area contributed by atoms with Gasteiger partial charge in [-0.05, 0) is 36.8 Å². The normalized spacial score (nSPS) is 11.9. The van der Waals surface area contributed by atoms with Gasteiger partial charge in [-0.2, -0.15) is 0 Å². The van der Waals surface area contributed by atoms with Gasteiger partial charge in [-0.25, -0.2) is 0 Å². The minimum Gasteiger partial charge on any atom is -0.421 e. The lowest BCUT2D eigenvalue weighted by atomic mass is 10.1. The Hall–Kier alpha value is -2.84. The molecule has 0 aliphatic rings. The van der Waals surface area contributed by atoms with Crippen LogP contribution in [0.2, 0.25) is 0 Å². The number of aryl methyl sites for hydroxylation is 2. The number of carbonyl (C=O) groups excluding carboxylic acids is 1. The smallest absolute Gasteiger partial charge is 0.247 e. The first-order valence-electron chi connectivity index (χ1n) is 9.65. The number of nitrogens with zero attached hydrogens (tertiary/aromatic N) is 2. The third kappa shape index (κ3) is 6.60. The van der Waals surface area contributed by atoms with Crippen molar-refractivity contribution in [2.24, 2.45) is 0 Å². The molecule has 3 rings (SSSR count). The van der Waals surface area contributed by atoms with Gasteiger partial charge >= 0.3 is 0 Å². The van der Waals surface area contributed by atoms with Crippen molar-refractivity contribution in [3.8, 4) is 11.5 Å². The summed E-state index contributed by atoms with van der Waals surface area (Å²) in [6, 6.07) is 15.2. The molecular formula is C22H25N3O4S. The summed E-state index contributed by atoms with van der Waals surface area (Å²) < 4.78 is 22.6. The van der Waals surface area contributed by atoms with Crippen molar-refractivity contribution in [1.82, 2.24) is 10.2 Å². The van der Waals surface area contributed by atoms with Gasteiger partial charge in [0.2, 0.25) is 17.7 Å². The lowest BCUT2D eigenvalue weighted by molar-refractivity contribution is -0.116. The highest BCUT2D eigenvalue weighted by molar-refractivity contribution is 7.84. The molecule has 1 amide bonds. The fraction of sp³-hybridized carbons (Fsp3) is 0.318. The average Bonchev–Trinajstić information content (AvgIpc) is 3.20. The van der Waals surface area contributed by atoms with Gasteiger partial charge in [0, 0.05) is 53.5 Å². The van der Waals surface area contributed by atoms with Crippen LogP contribution in [0, 0.1) is 6.92 Å². The molecule has 0 spiro atoms. The van der Waals surface area contributed by atoms with E-state index in [9.17, 15) is 9.00 Å². The third-order valence-corrected chi connectivity index (χ3v) is 5.66. The monoisotopic (exact) mass is 427 g/mol. The molecule has 0 radical (unpaired) electrons. The average molecular weight is 428 g/mol. The Balaban J connectivity index is 1.51. The molecule has 0 fully saturated rings. The van der Waals surface area contributed by atoms with Gasteiger partial charge in [0.05, 0.1) is 6.61 Å². The van der Waals surface area contributed by atoms with E-state index in [4.69, 9.17) is 9.15 Å². The highest BCUT2D eigenvalue weighted by Gasteiger charge is 2.11. The van der Waals surface area contributed by atoms with Crippen LogP contribution in [0.15, 0.2) is 52.9 Å². The summed E-state index contributed by atoms with van der Waals surface area (Å²) in [6.07, 6.45) is 0.574. The second kappa shape index (κ2) is 10.8. The zero-order valence-electron chi connectivity index (χ0n) is 17.1. The zero-order valence-corrected chi connectivity index (χ0v) is 17.9. The molecule has 158 valence electrons. The third-order valence-electron chi connectivity index (χ3n) is 4.38. The van der Waals surface area contributed by atoms with Gasteiger partial charge in [-0.1, -0.05) is 29.8 Å². The molecule has 3 aromatic rings. The fourth-order valence-corrected chi connectivity index (χ4v) is 3.83. The Morgan fingerprint density at radius 2 is 1.97 bits per heavy atom. The maximum Gasteiger partial charge on any atom is 0.247 e. The first kappa shape index (κ1) is 21.9. The van der Waals surface area contributed by atoms with Crippen LogP contribution in [-0.2, 0) is 32.5 Å². The van der Waals surface area contributed by atoms with Gasteiger partial charge in [0.15, 0.2) is 0 Å². The maximum absolute atomic E-state index is 12.3. The van der Waals surface area contributed by atoms with E-state index in [0.29, 0.717) is 42.0 Å². The quantitative estimate of drug-likeness (QED) is 0.532. The van der Waals surface area contributed by atoms with E-state index >= 15 is 0 Å². The molecule has 8 heteroatoms. The number of nitrogens with one attached hydrogen (secondary N) is 1. The van der Waals surface area contributed by atoms with Crippen LogP contribution in [0.3, 0.4) is 0 Å². The highest BCUT2D eigenvalue weighted by atomic mass is 32.2. The van der Waals surface area contributed by atoms with Crippen molar-refractivity contribution >= 4 is 22.4 Å². The van der Waals surface area contributed by atoms with E-state index in [-0.39, 0.29) is 12.3 Å². The zero-order chi connectivity index (χ0) is 21.3. The van der Waals surface area contributed by atoms with Crippen LogP contribution < -0.4 is 5.32 Å². The van der Waals surface area contributed by atoms with Crippen LogP contribution in [0.5, 0.6) is 0 Å². The summed E-state index contributed by atoms with van der Waals surface area (Å²) in [6.45, 7) is 2.47. The Bertz CT molecular complexity index is 1000. The number of carbonyl (C=O) groups is 1. The number of amides is 1.